The van der Waals surface area contributed by atoms with Gasteiger partial charge in [-0.05, 0) is 51.4 Å². The largest absolute Gasteiger partial charge is 0.472 e. The van der Waals surface area contributed by atoms with Crippen LogP contribution in [0.15, 0.2) is 12.2 Å². The lowest BCUT2D eigenvalue weighted by Gasteiger charge is -2.50. The van der Waals surface area contributed by atoms with Crippen LogP contribution in [0.5, 0.6) is 0 Å². The van der Waals surface area contributed by atoms with E-state index in [1.54, 1.807) is 0 Å². The van der Waals surface area contributed by atoms with E-state index in [1.807, 2.05) is 0 Å². The molecule has 2 saturated heterocycles. The Balaban J connectivity index is 1.90. The Hall–Kier alpha value is -2.79. The fraction of sp³-hybridized carbons (Fsp3) is 0.936. The highest BCUT2D eigenvalue weighted by atomic mass is 31.2. The van der Waals surface area contributed by atoms with Gasteiger partial charge >= 0.3 is 31.7 Å². The number of aliphatic hydroxyl groups is 9. The second-order valence-electron chi connectivity index (χ2n) is 34.9. The first-order chi connectivity index (χ1) is 58.2. The third kappa shape index (κ3) is 52.5. The van der Waals surface area contributed by atoms with Gasteiger partial charge in [0.25, 0.3) is 0 Å². The van der Waals surface area contributed by atoms with Crippen LogP contribution in [0.2, 0.25) is 0 Å². The summed E-state index contributed by atoms with van der Waals surface area (Å²) in [7, 11) is -5.81. The molecule has 3 rings (SSSR count). The van der Waals surface area contributed by atoms with Crippen molar-refractivity contribution in [3.05, 3.63) is 12.2 Å². The van der Waals surface area contributed by atoms with E-state index in [-0.39, 0.29) is 25.7 Å². The first kappa shape index (κ1) is 111. The average molecular weight is 1740 g/mol. The fourth-order valence-electron chi connectivity index (χ4n) is 16.3. The number of aliphatic hydroxyl groups excluding tert-OH is 9. The van der Waals surface area contributed by atoms with Gasteiger partial charge in [-0.1, -0.05) is 367 Å². The van der Waals surface area contributed by atoms with Crippen molar-refractivity contribution in [2.45, 2.75) is 536 Å². The van der Waals surface area contributed by atoms with Crippen LogP contribution in [-0.2, 0) is 70.7 Å². The molecule has 2 aliphatic heterocycles. The molecule has 0 spiro atoms. The molecule has 25 nitrogen and oxygen atoms in total. The maximum absolute atomic E-state index is 14.9. The molecule has 1 saturated carbocycles. The van der Waals surface area contributed by atoms with Crippen molar-refractivity contribution in [3.8, 4) is 0 Å². The first-order valence-electron chi connectivity index (χ1n) is 48.9. The van der Waals surface area contributed by atoms with Gasteiger partial charge in [-0.15, -0.1) is 0 Å². The van der Waals surface area contributed by atoms with Crippen LogP contribution >= 0.6 is 7.82 Å². The molecule has 2 heterocycles. The minimum Gasteiger partial charge on any atom is -0.463 e. The summed E-state index contributed by atoms with van der Waals surface area (Å²) >= 11 is 0. The van der Waals surface area contributed by atoms with Crippen LogP contribution in [0, 0.1) is 0 Å². The number of allylic oxidation sites excluding steroid dienone is 2. The number of hydrogen-bond acceptors (Lipinski definition) is 24. The predicted octanol–water partition coefficient (Wildman–Crippen LogP) is 18.7. The average Bonchev–Trinajstić information content (AvgIpc) is 0.754. The Bertz CT molecular complexity index is 2530. The summed E-state index contributed by atoms with van der Waals surface area (Å²) in [6.45, 7) is 5.63. The highest BCUT2D eigenvalue weighted by molar-refractivity contribution is 7.47. The molecule has 0 aromatic heterocycles. The molecule has 0 aromatic rings. The lowest BCUT2D eigenvalue weighted by molar-refractivity contribution is -0.360. The standard InChI is InChI=1S/C94H175O25P/c1-5-9-13-17-21-25-29-33-37-41-45-49-53-57-61-65-69-80(99)116-89-85(104)86(105)90(117-93-87(106)83(102)81(100)75(70-95)114-93)92(91(89)118-94-88(107)84(103)82(101)76(115-94)73-111-78(97)67-63-59-55-51-47-43-39-35-31-27-23-19-15-11-7-3)119-120(108,109)112-72-74(113-79(98)68-64-60-56-52-48-44-40-36-32-28-24-20-16-12-8-4)71-110-77(96)66-62-58-54-50-46-42-38-34-30-26-22-18-14-10-6-2/h26,30,74-76,81-95,100-107H,5-25,27-29,31-73H2,1-4H3,(H,108,109)/b30-26-. The molecule has 26 heteroatoms. The Morgan fingerprint density at radius 1 is 0.325 bits per heavy atom. The Labute approximate surface area is 724 Å². The highest BCUT2D eigenvalue weighted by Crippen LogP contribution is 2.49. The van der Waals surface area contributed by atoms with E-state index < -0.39 is 162 Å². The van der Waals surface area contributed by atoms with E-state index in [0.717, 1.165) is 148 Å². The zero-order valence-electron chi connectivity index (χ0n) is 75.4. The number of phosphoric acid groups is 1. The van der Waals surface area contributed by atoms with E-state index in [0.29, 0.717) is 32.1 Å². The summed E-state index contributed by atoms with van der Waals surface area (Å²) < 4.78 is 73.6. The summed E-state index contributed by atoms with van der Waals surface area (Å²) in [4.78, 5) is 66.6. The normalized spacial score (nSPS) is 24.7. The summed E-state index contributed by atoms with van der Waals surface area (Å²) in [5, 5.41) is 102. The second-order valence-corrected chi connectivity index (χ2v) is 36.4. The van der Waals surface area contributed by atoms with Crippen LogP contribution in [0.25, 0.3) is 0 Å². The SMILES string of the molecule is CCCCCC/C=C\CCCCCCCCCC(=O)OCC(COP(=O)(O)OC1C(OC2OC(CO)C(O)C(O)C2O)C(O)C(O)C(OC(=O)CCCCCCCCCCCCCCCCCC)C1OC1OC(COC(=O)CCCCCCCCCCCCCCCCC)C(O)C(O)C1O)OC(=O)CCCCCCCCCCCCCCCCC. The van der Waals surface area contributed by atoms with Gasteiger partial charge in [0.15, 0.2) is 24.8 Å². The fourth-order valence-corrected chi connectivity index (χ4v) is 17.2. The van der Waals surface area contributed by atoms with Gasteiger partial charge in [0.05, 0.1) is 13.2 Å². The molecular weight excluding hydrogens is 1560 g/mol. The van der Waals surface area contributed by atoms with Crippen LogP contribution in [0.3, 0.4) is 0 Å². The number of carbonyl (C=O) groups excluding carboxylic acids is 4. The Morgan fingerprint density at radius 2 is 0.625 bits per heavy atom. The molecule has 18 unspecified atom stereocenters. The van der Waals surface area contributed by atoms with Gasteiger partial charge in [0, 0.05) is 25.7 Å². The molecule has 120 heavy (non-hydrogen) atoms. The third-order valence-electron chi connectivity index (χ3n) is 24.0. The number of rotatable bonds is 80. The molecule has 1 aliphatic carbocycles. The number of carbonyl (C=O) groups is 4. The van der Waals surface area contributed by atoms with Crippen molar-refractivity contribution in [1.29, 1.82) is 0 Å². The number of hydrogen-bond donors (Lipinski definition) is 10. The molecule has 0 amide bonds. The topological polar surface area (TPSA) is 380 Å². The molecule has 706 valence electrons. The third-order valence-corrected chi connectivity index (χ3v) is 25.0. The van der Waals surface area contributed by atoms with Crippen LogP contribution in [0.4, 0.5) is 0 Å². The molecule has 0 bridgehead atoms. The number of phosphoric ester groups is 1. The molecule has 0 radical (unpaired) electrons. The first-order valence-corrected chi connectivity index (χ1v) is 50.4. The quantitative estimate of drug-likeness (QED) is 0.00889. The Morgan fingerprint density at radius 3 is 1.00 bits per heavy atom. The zero-order valence-corrected chi connectivity index (χ0v) is 76.3. The Kier molecular flexibility index (Phi) is 67.9. The second kappa shape index (κ2) is 73.2. The number of unbranched alkanes of at least 4 members (excludes halogenated alkanes) is 54. The van der Waals surface area contributed by atoms with Crippen molar-refractivity contribution >= 4 is 31.7 Å². The van der Waals surface area contributed by atoms with E-state index >= 15 is 0 Å². The molecule has 3 aliphatic rings. The number of esters is 4. The number of ether oxygens (including phenoxy) is 8. The van der Waals surface area contributed by atoms with E-state index in [9.17, 15) is 74.6 Å². The van der Waals surface area contributed by atoms with Crippen molar-refractivity contribution in [1.82, 2.24) is 0 Å². The van der Waals surface area contributed by atoms with E-state index in [4.69, 9.17) is 46.9 Å². The van der Waals surface area contributed by atoms with Gasteiger partial charge in [-0.2, -0.15) is 0 Å². The van der Waals surface area contributed by atoms with Crippen LogP contribution in [0.1, 0.15) is 432 Å². The summed E-state index contributed by atoms with van der Waals surface area (Å²) in [6, 6.07) is 0. The smallest absolute Gasteiger partial charge is 0.463 e. The van der Waals surface area contributed by atoms with Gasteiger partial charge < -0.3 is 88.7 Å². The van der Waals surface area contributed by atoms with Gasteiger partial charge in [-0.3, -0.25) is 28.2 Å². The molecule has 10 N–H and O–H groups in total. The highest BCUT2D eigenvalue weighted by Gasteiger charge is 2.60. The molecule has 0 aromatic carbocycles. The van der Waals surface area contributed by atoms with Crippen LogP contribution < -0.4 is 0 Å². The van der Waals surface area contributed by atoms with Crippen molar-refractivity contribution in [3.63, 3.8) is 0 Å². The van der Waals surface area contributed by atoms with Gasteiger partial charge in [-0.25, -0.2) is 4.57 Å². The lowest BCUT2D eigenvalue weighted by atomic mass is 9.84. The van der Waals surface area contributed by atoms with Crippen molar-refractivity contribution in [2.24, 2.45) is 0 Å². The summed E-state index contributed by atoms with van der Waals surface area (Å²) in [5.41, 5.74) is 0. The minimum atomic E-state index is -5.81. The zero-order chi connectivity index (χ0) is 87.5. The van der Waals surface area contributed by atoms with Gasteiger partial charge in [0.2, 0.25) is 0 Å². The van der Waals surface area contributed by atoms with Crippen molar-refractivity contribution in [2.75, 3.05) is 26.4 Å². The maximum Gasteiger partial charge on any atom is 0.472 e. The molecular formula is C94H175O25P. The molecule has 3 fully saturated rings. The summed E-state index contributed by atoms with van der Waals surface area (Å²) in [5.74, 6) is -2.95. The lowest BCUT2D eigenvalue weighted by Crippen LogP contribution is -2.70. The minimum absolute atomic E-state index is 0.0192. The summed E-state index contributed by atoms with van der Waals surface area (Å²) in [6.07, 6.45) is 33.1. The predicted molar refractivity (Wildman–Crippen MR) is 467 cm³/mol. The van der Waals surface area contributed by atoms with Gasteiger partial charge in [0.1, 0.15) is 92.6 Å². The molecule has 18 atom stereocenters. The maximum atomic E-state index is 14.9. The monoisotopic (exact) mass is 1740 g/mol. The van der Waals surface area contributed by atoms with Crippen LogP contribution in [-0.4, -0.2) is 205 Å². The van der Waals surface area contributed by atoms with E-state index in [2.05, 4.69) is 39.8 Å². The van der Waals surface area contributed by atoms with Crippen molar-refractivity contribution < 1.29 is 122 Å². The van der Waals surface area contributed by atoms with E-state index in [1.165, 1.54) is 199 Å².